The van der Waals surface area contributed by atoms with Gasteiger partial charge in [0.1, 0.15) is 0 Å². The molecule has 0 spiro atoms. The highest BCUT2D eigenvalue weighted by Crippen LogP contribution is 2.21. The summed E-state index contributed by atoms with van der Waals surface area (Å²) in [5.74, 6) is -0.179. The van der Waals surface area contributed by atoms with E-state index in [1.165, 1.54) is 11.4 Å². The van der Waals surface area contributed by atoms with Crippen molar-refractivity contribution in [3.63, 3.8) is 0 Å². The second kappa shape index (κ2) is 5.63. The fourth-order valence-electron chi connectivity index (χ4n) is 1.92. The van der Waals surface area contributed by atoms with Crippen LogP contribution in [0.15, 0.2) is 0 Å². The number of hydrogen-bond donors (Lipinski definition) is 0. The zero-order valence-electron chi connectivity index (χ0n) is 9.81. The van der Waals surface area contributed by atoms with Crippen LogP contribution in [0.2, 0.25) is 0 Å². The van der Waals surface area contributed by atoms with Gasteiger partial charge in [0, 0.05) is 13.1 Å². The molecule has 0 saturated carbocycles. The highest BCUT2D eigenvalue weighted by atomic mass is 32.2. The lowest BCUT2D eigenvalue weighted by atomic mass is 9.99. The number of carbonyl (C=O) groups is 1. The molecule has 0 N–H and O–H groups in total. The van der Waals surface area contributed by atoms with E-state index in [2.05, 4.69) is 4.74 Å². The van der Waals surface area contributed by atoms with Crippen molar-refractivity contribution < 1.29 is 17.9 Å². The number of carbonyl (C=O) groups excluding carboxylic acids is 1. The van der Waals surface area contributed by atoms with E-state index in [0.29, 0.717) is 32.4 Å². The average Bonchev–Trinajstić information content (AvgIpc) is 2.28. The van der Waals surface area contributed by atoms with Crippen LogP contribution in [0.3, 0.4) is 0 Å². The standard InChI is InChI=1S/C10H19NO4S/c1-3-8-16(13,14)11-6-4-9(5-7-11)10(12)15-2/h9H,3-8H2,1-2H3. The first-order valence-electron chi connectivity index (χ1n) is 5.57. The van der Waals surface area contributed by atoms with E-state index in [4.69, 9.17) is 0 Å². The molecule has 6 heteroatoms. The molecular weight excluding hydrogens is 230 g/mol. The van der Waals surface area contributed by atoms with Crippen molar-refractivity contribution in [1.29, 1.82) is 0 Å². The summed E-state index contributed by atoms with van der Waals surface area (Å²) in [6.07, 6.45) is 1.75. The second-order valence-corrected chi connectivity index (χ2v) is 6.10. The van der Waals surface area contributed by atoms with Gasteiger partial charge in [-0.3, -0.25) is 4.79 Å². The smallest absolute Gasteiger partial charge is 0.308 e. The van der Waals surface area contributed by atoms with Crippen LogP contribution in [-0.4, -0.2) is 44.6 Å². The minimum atomic E-state index is -3.11. The van der Waals surface area contributed by atoms with Gasteiger partial charge in [0.25, 0.3) is 0 Å². The molecule has 1 aliphatic rings. The van der Waals surface area contributed by atoms with Gasteiger partial charge in [-0.15, -0.1) is 0 Å². The molecule has 1 heterocycles. The van der Waals surface area contributed by atoms with Crippen molar-refractivity contribution >= 4 is 16.0 Å². The van der Waals surface area contributed by atoms with E-state index in [-0.39, 0.29) is 17.6 Å². The lowest BCUT2D eigenvalue weighted by Crippen LogP contribution is -2.41. The Kier molecular flexibility index (Phi) is 4.73. The van der Waals surface area contributed by atoms with Gasteiger partial charge in [-0.25, -0.2) is 12.7 Å². The molecule has 0 aromatic rings. The van der Waals surface area contributed by atoms with Crippen LogP contribution in [0.25, 0.3) is 0 Å². The van der Waals surface area contributed by atoms with Crippen molar-refractivity contribution in [2.24, 2.45) is 5.92 Å². The van der Waals surface area contributed by atoms with Gasteiger partial charge in [0.15, 0.2) is 0 Å². The quantitative estimate of drug-likeness (QED) is 0.685. The van der Waals surface area contributed by atoms with Crippen molar-refractivity contribution in [3.8, 4) is 0 Å². The number of esters is 1. The minimum Gasteiger partial charge on any atom is -0.469 e. The molecule has 0 radical (unpaired) electrons. The largest absolute Gasteiger partial charge is 0.469 e. The lowest BCUT2D eigenvalue weighted by molar-refractivity contribution is -0.146. The third kappa shape index (κ3) is 3.18. The van der Waals surface area contributed by atoms with E-state index in [1.54, 1.807) is 0 Å². The maximum Gasteiger partial charge on any atom is 0.308 e. The number of rotatable bonds is 4. The zero-order valence-corrected chi connectivity index (χ0v) is 10.6. The number of hydrogen-bond acceptors (Lipinski definition) is 4. The molecule has 0 aromatic carbocycles. The Bertz CT molecular complexity index is 331. The Hall–Kier alpha value is -0.620. The summed E-state index contributed by atoms with van der Waals surface area (Å²) in [5.41, 5.74) is 0. The average molecular weight is 249 g/mol. The normalized spacial score (nSPS) is 19.6. The molecule has 1 rings (SSSR count). The molecule has 16 heavy (non-hydrogen) atoms. The second-order valence-electron chi connectivity index (χ2n) is 4.01. The molecule has 0 unspecified atom stereocenters. The highest BCUT2D eigenvalue weighted by molar-refractivity contribution is 7.89. The summed E-state index contributed by atoms with van der Waals surface area (Å²) in [5, 5.41) is 0. The van der Waals surface area contributed by atoms with Crippen LogP contribution in [-0.2, 0) is 19.6 Å². The first-order valence-corrected chi connectivity index (χ1v) is 7.17. The van der Waals surface area contributed by atoms with Crippen LogP contribution in [0.5, 0.6) is 0 Å². The Morgan fingerprint density at radius 3 is 2.38 bits per heavy atom. The molecule has 1 saturated heterocycles. The highest BCUT2D eigenvalue weighted by Gasteiger charge is 2.30. The maximum absolute atomic E-state index is 11.7. The summed E-state index contributed by atoms with van der Waals surface area (Å²) in [4.78, 5) is 11.3. The molecule has 0 bridgehead atoms. The molecule has 94 valence electrons. The Labute approximate surface area is 96.8 Å². The predicted octanol–water partition coefficient (Wildman–Crippen LogP) is 0.611. The number of nitrogens with zero attached hydrogens (tertiary/aromatic N) is 1. The number of methoxy groups -OCH3 is 1. The topological polar surface area (TPSA) is 63.7 Å². The third-order valence-corrected chi connectivity index (χ3v) is 4.92. The van der Waals surface area contributed by atoms with Crippen molar-refractivity contribution in [3.05, 3.63) is 0 Å². The van der Waals surface area contributed by atoms with E-state index in [1.807, 2.05) is 6.92 Å². The third-order valence-electron chi connectivity index (χ3n) is 2.84. The van der Waals surface area contributed by atoms with Crippen molar-refractivity contribution in [1.82, 2.24) is 4.31 Å². The van der Waals surface area contributed by atoms with E-state index in [9.17, 15) is 13.2 Å². The van der Waals surface area contributed by atoms with Gasteiger partial charge >= 0.3 is 5.97 Å². The number of piperidine rings is 1. The molecule has 1 fully saturated rings. The summed E-state index contributed by atoms with van der Waals surface area (Å²) in [6, 6.07) is 0. The van der Waals surface area contributed by atoms with Crippen LogP contribution >= 0.6 is 0 Å². The first-order chi connectivity index (χ1) is 7.51. The molecular formula is C10H19NO4S. The first kappa shape index (κ1) is 13.4. The van der Waals surface area contributed by atoms with Crippen molar-refractivity contribution in [2.45, 2.75) is 26.2 Å². The molecule has 1 aliphatic heterocycles. The summed E-state index contributed by atoms with van der Waals surface area (Å²) in [6.45, 7) is 2.71. The minimum absolute atomic E-state index is 0.141. The Balaban J connectivity index is 2.52. The molecule has 5 nitrogen and oxygen atoms in total. The summed E-state index contributed by atoms with van der Waals surface area (Å²) >= 11 is 0. The molecule has 0 amide bonds. The number of ether oxygens (including phenoxy) is 1. The molecule has 0 aliphatic carbocycles. The van der Waals surface area contributed by atoms with Crippen LogP contribution in [0.1, 0.15) is 26.2 Å². The SMILES string of the molecule is CCCS(=O)(=O)N1CCC(C(=O)OC)CC1. The van der Waals surface area contributed by atoms with E-state index >= 15 is 0 Å². The van der Waals surface area contributed by atoms with Crippen LogP contribution in [0, 0.1) is 5.92 Å². The lowest BCUT2D eigenvalue weighted by Gasteiger charge is -2.29. The monoisotopic (exact) mass is 249 g/mol. The van der Waals surface area contributed by atoms with Gasteiger partial charge < -0.3 is 4.74 Å². The van der Waals surface area contributed by atoms with Gasteiger partial charge in [0.2, 0.25) is 10.0 Å². The fourth-order valence-corrected chi connectivity index (χ4v) is 3.46. The number of sulfonamides is 1. The van der Waals surface area contributed by atoms with E-state index < -0.39 is 10.0 Å². The Morgan fingerprint density at radius 1 is 1.38 bits per heavy atom. The van der Waals surface area contributed by atoms with Crippen LogP contribution < -0.4 is 0 Å². The van der Waals surface area contributed by atoms with E-state index in [0.717, 1.165) is 0 Å². The van der Waals surface area contributed by atoms with Crippen LogP contribution in [0.4, 0.5) is 0 Å². The fraction of sp³-hybridized carbons (Fsp3) is 0.900. The predicted molar refractivity (Wildman–Crippen MR) is 60.4 cm³/mol. The summed E-state index contributed by atoms with van der Waals surface area (Å²) < 4.78 is 29.6. The zero-order chi connectivity index (χ0) is 12.2. The van der Waals surface area contributed by atoms with Gasteiger partial charge in [-0.05, 0) is 19.3 Å². The summed E-state index contributed by atoms with van der Waals surface area (Å²) in [7, 11) is -1.74. The van der Waals surface area contributed by atoms with Gasteiger partial charge in [0.05, 0.1) is 18.8 Å². The van der Waals surface area contributed by atoms with Crippen molar-refractivity contribution in [2.75, 3.05) is 26.0 Å². The van der Waals surface area contributed by atoms with Gasteiger partial charge in [-0.2, -0.15) is 0 Å². The van der Waals surface area contributed by atoms with Gasteiger partial charge in [-0.1, -0.05) is 6.92 Å². The Morgan fingerprint density at radius 2 is 1.94 bits per heavy atom. The maximum atomic E-state index is 11.7. The molecule has 0 atom stereocenters. The molecule has 0 aromatic heterocycles.